The molecule has 1 unspecified atom stereocenters. The molecule has 1 aliphatic heterocycles. The zero-order valence-electron chi connectivity index (χ0n) is 17.0. The van der Waals surface area contributed by atoms with Gasteiger partial charge in [-0.15, -0.1) is 24.0 Å². The molecule has 0 radical (unpaired) electrons. The highest BCUT2D eigenvalue weighted by molar-refractivity contribution is 14.0. The number of nitrogens with zero attached hydrogens (tertiary/aromatic N) is 2. The van der Waals surface area contributed by atoms with Crippen molar-refractivity contribution in [3.05, 3.63) is 59.2 Å². The van der Waals surface area contributed by atoms with E-state index in [1.54, 1.807) is 7.05 Å². The number of guanidine groups is 1. The third-order valence-corrected chi connectivity index (χ3v) is 5.93. The second-order valence-corrected chi connectivity index (χ2v) is 7.75. The van der Waals surface area contributed by atoms with Crippen molar-refractivity contribution >= 4 is 35.6 Å². The number of benzene rings is 2. The van der Waals surface area contributed by atoms with E-state index in [1.165, 1.54) is 29.7 Å². The van der Waals surface area contributed by atoms with Crippen molar-refractivity contribution in [2.45, 2.75) is 44.7 Å². The molecule has 1 fully saturated rings. The minimum atomic E-state index is 0. The van der Waals surface area contributed by atoms with Crippen LogP contribution >= 0.6 is 24.0 Å². The molecule has 2 aromatic rings. The number of anilines is 1. The van der Waals surface area contributed by atoms with E-state index in [0.717, 1.165) is 43.9 Å². The molecule has 2 aliphatic rings. The number of phenolic OH excluding ortho intramolecular Hbond substituents is 1. The lowest BCUT2D eigenvalue weighted by Crippen LogP contribution is -2.44. The smallest absolute Gasteiger partial charge is 0.191 e. The Morgan fingerprint density at radius 1 is 1.14 bits per heavy atom. The van der Waals surface area contributed by atoms with E-state index < -0.39 is 0 Å². The van der Waals surface area contributed by atoms with Crippen LogP contribution in [0.1, 0.15) is 36.0 Å². The summed E-state index contributed by atoms with van der Waals surface area (Å²) in [6.45, 7) is 2.62. The average Bonchev–Trinajstić information content (AvgIpc) is 3.21. The summed E-state index contributed by atoms with van der Waals surface area (Å²) in [6.07, 6.45) is 5.71. The molecule has 4 rings (SSSR count). The Kier molecular flexibility index (Phi) is 7.64. The number of hydrogen-bond acceptors (Lipinski definition) is 3. The number of aliphatic imine (C=N–C) groups is 1. The number of rotatable bonds is 4. The SMILES string of the molecule is CN=C(NCc1c(O)ccc2c1CCCC2)NC1CCN(c2ccccc2)C1.I. The van der Waals surface area contributed by atoms with E-state index >= 15 is 0 Å². The third kappa shape index (κ3) is 5.15. The highest BCUT2D eigenvalue weighted by atomic mass is 127. The lowest BCUT2D eigenvalue weighted by molar-refractivity contribution is 0.464. The average molecular weight is 506 g/mol. The van der Waals surface area contributed by atoms with Crippen molar-refractivity contribution in [3.8, 4) is 5.75 Å². The van der Waals surface area contributed by atoms with Crippen LogP contribution in [0.4, 0.5) is 5.69 Å². The van der Waals surface area contributed by atoms with Gasteiger partial charge >= 0.3 is 0 Å². The van der Waals surface area contributed by atoms with Gasteiger partial charge in [0.15, 0.2) is 5.96 Å². The second kappa shape index (κ2) is 10.2. The van der Waals surface area contributed by atoms with E-state index in [9.17, 15) is 5.11 Å². The predicted molar refractivity (Wildman–Crippen MR) is 131 cm³/mol. The summed E-state index contributed by atoms with van der Waals surface area (Å²) in [5.74, 6) is 1.19. The Labute approximate surface area is 190 Å². The van der Waals surface area contributed by atoms with Crippen LogP contribution in [0.5, 0.6) is 5.75 Å². The van der Waals surface area contributed by atoms with Gasteiger partial charge in [0.2, 0.25) is 0 Å². The first-order chi connectivity index (χ1) is 13.7. The molecule has 0 spiro atoms. The molecule has 5 nitrogen and oxygen atoms in total. The fourth-order valence-corrected chi connectivity index (χ4v) is 4.40. The summed E-state index contributed by atoms with van der Waals surface area (Å²) in [4.78, 5) is 6.81. The van der Waals surface area contributed by atoms with Crippen LogP contribution in [0.2, 0.25) is 0 Å². The number of para-hydroxylation sites is 1. The number of nitrogens with one attached hydrogen (secondary N) is 2. The first-order valence-electron chi connectivity index (χ1n) is 10.3. The van der Waals surface area contributed by atoms with E-state index in [0.29, 0.717) is 18.3 Å². The van der Waals surface area contributed by atoms with Gasteiger partial charge in [-0.05, 0) is 61.4 Å². The Hall–Kier alpha value is -1.96. The summed E-state index contributed by atoms with van der Waals surface area (Å²) < 4.78 is 0. The van der Waals surface area contributed by atoms with Crippen molar-refractivity contribution in [1.29, 1.82) is 0 Å². The van der Waals surface area contributed by atoms with Crippen molar-refractivity contribution in [3.63, 3.8) is 0 Å². The van der Waals surface area contributed by atoms with Crippen LogP contribution < -0.4 is 15.5 Å². The number of hydrogen-bond donors (Lipinski definition) is 3. The van der Waals surface area contributed by atoms with Crippen molar-refractivity contribution in [1.82, 2.24) is 10.6 Å². The van der Waals surface area contributed by atoms with E-state index in [2.05, 4.69) is 56.9 Å². The van der Waals surface area contributed by atoms with E-state index in [4.69, 9.17) is 0 Å². The Balaban J connectivity index is 0.00000240. The highest BCUT2D eigenvalue weighted by Gasteiger charge is 2.23. The highest BCUT2D eigenvalue weighted by Crippen LogP contribution is 2.30. The van der Waals surface area contributed by atoms with Gasteiger partial charge in [0.25, 0.3) is 0 Å². The minimum absolute atomic E-state index is 0. The minimum Gasteiger partial charge on any atom is -0.508 e. The number of aryl methyl sites for hydroxylation is 1. The van der Waals surface area contributed by atoms with Crippen LogP contribution in [0, 0.1) is 0 Å². The van der Waals surface area contributed by atoms with Crippen LogP contribution in [-0.4, -0.2) is 37.2 Å². The summed E-state index contributed by atoms with van der Waals surface area (Å²) in [6, 6.07) is 14.8. The van der Waals surface area contributed by atoms with Gasteiger partial charge in [0, 0.05) is 44.0 Å². The molecular weight excluding hydrogens is 475 g/mol. The van der Waals surface area contributed by atoms with Crippen LogP contribution in [-0.2, 0) is 19.4 Å². The standard InChI is InChI=1S/C23H30N4O.HI/c1-24-23(26-18-13-14-27(16-18)19-8-3-2-4-9-19)25-15-21-20-10-6-5-7-17(20)11-12-22(21)28;/h2-4,8-9,11-12,18,28H,5-7,10,13-16H2,1H3,(H2,24,25,26);1H. The number of aromatic hydroxyl groups is 1. The number of halogens is 1. The summed E-state index contributed by atoms with van der Waals surface area (Å²) in [5.41, 5.74) is 5.01. The van der Waals surface area contributed by atoms with Gasteiger partial charge < -0.3 is 20.6 Å². The molecule has 0 aromatic heterocycles. The monoisotopic (exact) mass is 506 g/mol. The topological polar surface area (TPSA) is 59.9 Å². The van der Waals surface area contributed by atoms with Gasteiger partial charge in [-0.2, -0.15) is 0 Å². The molecule has 0 bridgehead atoms. The van der Waals surface area contributed by atoms with Crippen LogP contribution in [0.3, 0.4) is 0 Å². The molecule has 6 heteroatoms. The zero-order valence-corrected chi connectivity index (χ0v) is 19.4. The van der Waals surface area contributed by atoms with Crippen LogP contribution in [0.15, 0.2) is 47.5 Å². The van der Waals surface area contributed by atoms with Crippen LogP contribution in [0.25, 0.3) is 0 Å². The molecule has 1 atom stereocenters. The quantitative estimate of drug-likeness (QED) is 0.335. The molecule has 1 aliphatic carbocycles. The Bertz CT molecular complexity index is 840. The Morgan fingerprint density at radius 3 is 2.72 bits per heavy atom. The normalized spacial score (nSPS) is 18.7. The maximum Gasteiger partial charge on any atom is 0.191 e. The van der Waals surface area contributed by atoms with Gasteiger partial charge in [-0.3, -0.25) is 4.99 Å². The molecule has 156 valence electrons. The lowest BCUT2D eigenvalue weighted by atomic mass is 9.88. The fraction of sp³-hybridized carbons (Fsp3) is 0.435. The molecule has 1 heterocycles. The Morgan fingerprint density at radius 2 is 1.93 bits per heavy atom. The first-order valence-corrected chi connectivity index (χ1v) is 10.3. The fourth-order valence-electron chi connectivity index (χ4n) is 4.40. The predicted octanol–water partition coefficient (Wildman–Crippen LogP) is 3.83. The van der Waals surface area contributed by atoms with Gasteiger partial charge in [0.05, 0.1) is 0 Å². The maximum atomic E-state index is 10.4. The second-order valence-electron chi connectivity index (χ2n) is 7.75. The zero-order chi connectivity index (χ0) is 19.3. The molecule has 0 amide bonds. The van der Waals surface area contributed by atoms with Gasteiger partial charge in [-0.25, -0.2) is 0 Å². The molecule has 3 N–H and O–H groups in total. The summed E-state index contributed by atoms with van der Waals surface area (Å²) >= 11 is 0. The van der Waals surface area contributed by atoms with E-state index in [-0.39, 0.29) is 24.0 Å². The molecule has 29 heavy (non-hydrogen) atoms. The number of fused-ring (bicyclic) bond motifs is 1. The maximum absolute atomic E-state index is 10.4. The molecule has 0 saturated carbocycles. The first kappa shape index (κ1) is 21.7. The lowest BCUT2D eigenvalue weighted by Gasteiger charge is -2.23. The van der Waals surface area contributed by atoms with Gasteiger partial charge in [0.1, 0.15) is 5.75 Å². The van der Waals surface area contributed by atoms with Crippen molar-refractivity contribution in [2.24, 2.45) is 4.99 Å². The van der Waals surface area contributed by atoms with Crippen molar-refractivity contribution < 1.29 is 5.11 Å². The summed E-state index contributed by atoms with van der Waals surface area (Å²) in [7, 11) is 1.81. The largest absolute Gasteiger partial charge is 0.508 e. The molecule has 1 saturated heterocycles. The number of phenols is 1. The molecule has 2 aromatic carbocycles. The third-order valence-electron chi connectivity index (χ3n) is 5.93. The molecular formula is C23H31IN4O. The van der Waals surface area contributed by atoms with E-state index in [1.807, 2.05) is 6.07 Å². The van der Waals surface area contributed by atoms with Gasteiger partial charge in [-0.1, -0.05) is 24.3 Å². The van der Waals surface area contributed by atoms with Crippen molar-refractivity contribution in [2.75, 3.05) is 25.0 Å². The summed E-state index contributed by atoms with van der Waals surface area (Å²) in [5, 5.41) is 17.4.